The van der Waals surface area contributed by atoms with Crippen molar-refractivity contribution in [1.82, 2.24) is 9.97 Å². The van der Waals surface area contributed by atoms with Gasteiger partial charge in [-0.3, -0.25) is 0 Å². The maximum Gasteiger partial charge on any atom is 0.131 e. The summed E-state index contributed by atoms with van der Waals surface area (Å²) in [6.07, 6.45) is 1.45. The van der Waals surface area contributed by atoms with Crippen molar-refractivity contribution in [3.8, 4) is 0 Å². The molecule has 2 aromatic heterocycles. The first-order valence-corrected chi connectivity index (χ1v) is 5.95. The molecule has 0 aliphatic rings. The smallest absolute Gasteiger partial charge is 0.131 e. The number of nitrogens with one attached hydrogen (secondary N) is 1. The number of aromatic nitrogens is 2. The van der Waals surface area contributed by atoms with Crippen LogP contribution in [0.1, 0.15) is 4.88 Å². The first kappa shape index (κ1) is 10.4. The number of nitrogens with two attached hydrogens (primary N) is 1. The second-order valence-electron chi connectivity index (χ2n) is 2.91. The summed E-state index contributed by atoms with van der Waals surface area (Å²) >= 11 is 5.10. The number of hydrogen-bond acceptors (Lipinski definition) is 5. The number of thiophene rings is 1. The third-order valence-corrected chi connectivity index (χ3v) is 3.45. The van der Waals surface area contributed by atoms with E-state index >= 15 is 0 Å². The second-order valence-corrected chi connectivity index (χ2v) is 4.82. The van der Waals surface area contributed by atoms with Crippen LogP contribution < -0.4 is 11.1 Å². The molecule has 0 bridgehead atoms. The van der Waals surface area contributed by atoms with Gasteiger partial charge in [-0.25, -0.2) is 9.97 Å². The molecule has 15 heavy (non-hydrogen) atoms. The predicted octanol–water partition coefficient (Wildman–Crippen LogP) is 2.49. The Morgan fingerprint density at radius 3 is 2.93 bits per heavy atom. The van der Waals surface area contributed by atoms with Crippen LogP contribution in [0.2, 0.25) is 0 Å². The highest BCUT2D eigenvalue weighted by Crippen LogP contribution is 2.20. The first-order valence-electron chi connectivity index (χ1n) is 4.28. The lowest BCUT2D eigenvalue weighted by molar-refractivity contribution is 1.10. The van der Waals surface area contributed by atoms with Crippen molar-refractivity contribution >= 4 is 38.9 Å². The Kier molecular flexibility index (Phi) is 3.17. The lowest BCUT2D eigenvalue weighted by atomic mass is 10.4. The highest BCUT2D eigenvalue weighted by Gasteiger charge is 1.99. The van der Waals surface area contributed by atoms with Gasteiger partial charge in [0.1, 0.15) is 18.0 Å². The van der Waals surface area contributed by atoms with E-state index in [1.165, 1.54) is 11.2 Å². The summed E-state index contributed by atoms with van der Waals surface area (Å²) < 4.78 is 1.10. The van der Waals surface area contributed by atoms with Gasteiger partial charge in [0.15, 0.2) is 0 Å². The van der Waals surface area contributed by atoms with Gasteiger partial charge in [-0.2, -0.15) is 0 Å². The lowest BCUT2D eigenvalue weighted by Gasteiger charge is -2.03. The topological polar surface area (TPSA) is 63.8 Å². The average Bonchev–Trinajstić information content (AvgIpc) is 2.62. The number of anilines is 2. The van der Waals surface area contributed by atoms with Crippen molar-refractivity contribution in [3.05, 3.63) is 33.2 Å². The summed E-state index contributed by atoms with van der Waals surface area (Å²) in [4.78, 5) is 9.11. The molecule has 4 nitrogen and oxygen atoms in total. The molecule has 6 heteroatoms. The summed E-state index contributed by atoms with van der Waals surface area (Å²) in [5, 5.41) is 5.22. The number of hydrogen-bond donors (Lipinski definition) is 2. The molecular weight excluding hydrogens is 276 g/mol. The highest BCUT2D eigenvalue weighted by atomic mass is 79.9. The Bertz CT molecular complexity index is 457. The van der Waals surface area contributed by atoms with Gasteiger partial charge in [0.2, 0.25) is 0 Å². The number of nitrogens with zero attached hydrogens (tertiary/aromatic N) is 2. The minimum absolute atomic E-state index is 0.472. The molecule has 0 saturated carbocycles. The zero-order chi connectivity index (χ0) is 10.7. The summed E-state index contributed by atoms with van der Waals surface area (Å²) in [6.45, 7) is 0.743. The second kappa shape index (κ2) is 4.59. The van der Waals surface area contributed by atoms with E-state index in [-0.39, 0.29) is 0 Å². The van der Waals surface area contributed by atoms with Crippen LogP contribution in [-0.2, 0) is 6.54 Å². The standard InChI is InChI=1S/C9H9BrN4S/c10-6-1-7(15-4-6)3-12-9-2-8(11)13-5-14-9/h1-2,4-5H,3H2,(H3,11,12,13,14). The van der Waals surface area contributed by atoms with Crippen molar-refractivity contribution in [2.45, 2.75) is 6.54 Å². The molecule has 78 valence electrons. The third kappa shape index (κ3) is 2.90. The molecule has 0 aromatic carbocycles. The summed E-state index contributed by atoms with van der Waals surface area (Å²) in [5.41, 5.74) is 5.54. The fourth-order valence-electron chi connectivity index (χ4n) is 1.09. The lowest BCUT2D eigenvalue weighted by Crippen LogP contribution is -2.01. The number of nitrogen functional groups attached to an aromatic ring is 1. The Labute approximate surface area is 99.7 Å². The molecule has 0 fully saturated rings. The van der Waals surface area contributed by atoms with E-state index in [9.17, 15) is 0 Å². The van der Waals surface area contributed by atoms with Crippen LogP contribution in [0.3, 0.4) is 0 Å². The van der Waals surface area contributed by atoms with Gasteiger partial charge in [0.25, 0.3) is 0 Å². The molecule has 2 aromatic rings. The minimum atomic E-state index is 0.472. The molecule has 0 radical (unpaired) electrons. The monoisotopic (exact) mass is 284 g/mol. The Morgan fingerprint density at radius 2 is 2.27 bits per heavy atom. The van der Waals surface area contributed by atoms with Crippen LogP contribution in [-0.4, -0.2) is 9.97 Å². The molecule has 3 N–H and O–H groups in total. The van der Waals surface area contributed by atoms with Crippen molar-refractivity contribution in [2.24, 2.45) is 0 Å². The maximum atomic E-state index is 5.54. The predicted molar refractivity (Wildman–Crippen MR) is 65.8 cm³/mol. The molecule has 0 unspecified atom stereocenters. The van der Waals surface area contributed by atoms with Crippen molar-refractivity contribution in [2.75, 3.05) is 11.1 Å². The van der Waals surface area contributed by atoms with Crippen LogP contribution in [0.25, 0.3) is 0 Å². The summed E-state index contributed by atoms with van der Waals surface area (Å²) in [7, 11) is 0. The Balaban J connectivity index is 1.99. The van der Waals surface area contributed by atoms with E-state index in [1.807, 2.05) is 5.38 Å². The van der Waals surface area contributed by atoms with Gasteiger partial charge in [0, 0.05) is 20.8 Å². The van der Waals surface area contributed by atoms with Crippen molar-refractivity contribution < 1.29 is 0 Å². The van der Waals surface area contributed by atoms with Crippen molar-refractivity contribution in [3.63, 3.8) is 0 Å². The molecule has 0 aliphatic heterocycles. The summed E-state index contributed by atoms with van der Waals surface area (Å²) in [6, 6.07) is 3.78. The molecule has 0 aliphatic carbocycles. The molecule has 2 rings (SSSR count). The molecule has 2 heterocycles. The van der Waals surface area contributed by atoms with Crippen LogP contribution in [0.5, 0.6) is 0 Å². The Hall–Kier alpha value is -1.14. The van der Waals surface area contributed by atoms with E-state index < -0.39 is 0 Å². The SMILES string of the molecule is Nc1cc(NCc2cc(Br)cs2)ncn1. The van der Waals surface area contributed by atoms with E-state index in [1.54, 1.807) is 17.4 Å². The molecule has 0 spiro atoms. The van der Waals surface area contributed by atoms with Gasteiger partial charge >= 0.3 is 0 Å². The molecule has 0 amide bonds. The first-order chi connectivity index (χ1) is 7.24. The zero-order valence-electron chi connectivity index (χ0n) is 7.77. The average molecular weight is 285 g/mol. The molecular formula is C9H9BrN4S. The van der Waals surface area contributed by atoms with Gasteiger partial charge < -0.3 is 11.1 Å². The normalized spacial score (nSPS) is 10.2. The minimum Gasteiger partial charge on any atom is -0.384 e. The molecule has 0 saturated heterocycles. The zero-order valence-corrected chi connectivity index (χ0v) is 10.2. The van der Waals surface area contributed by atoms with Crippen molar-refractivity contribution in [1.29, 1.82) is 0 Å². The van der Waals surface area contributed by atoms with Crippen LogP contribution >= 0.6 is 27.3 Å². The van der Waals surface area contributed by atoms with Gasteiger partial charge in [-0.1, -0.05) is 0 Å². The van der Waals surface area contributed by atoms with E-state index in [2.05, 4.69) is 37.3 Å². The van der Waals surface area contributed by atoms with Gasteiger partial charge in [0.05, 0.1) is 6.54 Å². The van der Waals surface area contributed by atoms with Gasteiger partial charge in [-0.05, 0) is 22.0 Å². The quantitative estimate of drug-likeness (QED) is 0.909. The third-order valence-electron chi connectivity index (χ3n) is 1.75. The fourth-order valence-corrected chi connectivity index (χ4v) is 2.48. The largest absolute Gasteiger partial charge is 0.384 e. The van der Waals surface area contributed by atoms with Crippen LogP contribution in [0, 0.1) is 0 Å². The number of rotatable bonds is 3. The maximum absolute atomic E-state index is 5.54. The van der Waals surface area contributed by atoms with E-state index in [0.717, 1.165) is 16.8 Å². The van der Waals surface area contributed by atoms with Crippen LogP contribution in [0.15, 0.2) is 28.3 Å². The Morgan fingerprint density at radius 1 is 1.40 bits per heavy atom. The highest BCUT2D eigenvalue weighted by molar-refractivity contribution is 9.10. The summed E-state index contributed by atoms with van der Waals surface area (Å²) in [5.74, 6) is 1.21. The van der Waals surface area contributed by atoms with Gasteiger partial charge in [-0.15, -0.1) is 11.3 Å². The van der Waals surface area contributed by atoms with E-state index in [0.29, 0.717) is 5.82 Å². The van der Waals surface area contributed by atoms with Crippen LogP contribution in [0.4, 0.5) is 11.6 Å². The fraction of sp³-hybridized carbons (Fsp3) is 0.111. The molecule has 0 atom stereocenters. The number of halogens is 1. The van der Waals surface area contributed by atoms with E-state index in [4.69, 9.17) is 5.73 Å².